The molecular formula is C18H24N4O. The Morgan fingerprint density at radius 3 is 3.00 bits per heavy atom. The highest BCUT2D eigenvalue weighted by atomic mass is 16.1. The number of hydrogen-bond acceptors (Lipinski definition) is 3. The minimum atomic E-state index is -0.434. The Bertz CT molecular complexity index is 761. The summed E-state index contributed by atoms with van der Waals surface area (Å²) in [6.45, 7) is 5.71. The maximum absolute atomic E-state index is 11.7. The fourth-order valence-electron chi connectivity index (χ4n) is 4.83. The molecule has 3 aliphatic carbocycles. The topological polar surface area (TPSA) is 83.8 Å². The standard InChI is InChI=1S/C18H24N4O/c1-18(2)11-4-3-10(14(18)7-11)8-21-15-12-5-6-20-17(12)22-9-13(15)16(19)23/h5-6,9-11,14H,3-4,7-8H2,1-2H3,(H2,19,23)(H2,20,21,22)/t10-,11-,14+/m0/s1. The first-order valence-electron chi connectivity index (χ1n) is 8.48. The molecule has 3 saturated carbocycles. The lowest BCUT2D eigenvalue weighted by Crippen LogP contribution is -2.53. The molecule has 2 aromatic heterocycles. The van der Waals surface area contributed by atoms with E-state index >= 15 is 0 Å². The Kier molecular flexibility index (Phi) is 3.15. The van der Waals surface area contributed by atoms with Crippen molar-refractivity contribution in [2.24, 2.45) is 28.9 Å². The first kappa shape index (κ1) is 14.5. The SMILES string of the molecule is CC1(C)[C@H]2CC[C@@H](CNc3c(C(N)=O)cnc4[nH]ccc34)[C@H]1C2. The van der Waals surface area contributed by atoms with Crippen LogP contribution in [0.3, 0.4) is 0 Å². The molecule has 0 unspecified atom stereocenters. The van der Waals surface area contributed by atoms with E-state index in [9.17, 15) is 4.79 Å². The zero-order valence-corrected chi connectivity index (χ0v) is 13.7. The van der Waals surface area contributed by atoms with Crippen molar-refractivity contribution in [2.45, 2.75) is 33.1 Å². The van der Waals surface area contributed by atoms with Crippen LogP contribution in [0.2, 0.25) is 0 Å². The highest BCUT2D eigenvalue weighted by Crippen LogP contribution is 2.61. The van der Waals surface area contributed by atoms with Gasteiger partial charge in [-0.25, -0.2) is 4.98 Å². The number of aromatic nitrogens is 2. The molecule has 2 aromatic rings. The van der Waals surface area contributed by atoms with E-state index in [4.69, 9.17) is 5.73 Å². The molecule has 3 fully saturated rings. The number of amides is 1. The number of hydrogen-bond donors (Lipinski definition) is 3. The Labute approximate surface area is 136 Å². The van der Waals surface area contributed by atoms with E-state index in [2.05, 4.69) is 29.1 Å². The first-order valence-corrected chi connectivity index (χ1v) is 8.48. The number of primary amides is 1. The molecule has 0 aliphatic heterocycles. The number of carbonyl (C=O) groups is 1. The number of nitrogens with one attached hydrogen (secondary N) is 2. The molecule has 1 amide bonds. The zero-order valence-electron chi connectivity index (χ0n) is 13.7. The van der Waals surface area contributed by atoms with E-state index in [0.717, 1.165) is 35.1 Å². The van der Waals surface area contributed by atoms with Crippen LogP contribution in [-0.2, 0) is 0 Å². The molecule has 23 heavy (non-hydrogen) atoms. The Balaban J connectivity index is 1.59. The quantitative estimate of drug-likeness (QED) is 0.811. The Hall–Kier alpha value is -2.04. The molecule has 5 heteroatoms. The lowest BCUT2D eigenvalue weighted by molar-refractivity contribution is -0.100. The van der Waals surface area contributed by atoms with Crippen LogP contribution in [0.4, 0.5) is 5.69 Å². The van der Waals surface area contributed by atoms with Gasteiger partial charge in [-0.15, -0.1) is 0 Å². The van der Waals surface area contributed by atoms with Crippen molar-refractivity contribution in [3.8, 4) is 0 Å². The molecule has 3 atom stereocenters. The van der Waals surface area contributed by atoms with Crippen LogP contribution in [0.5, 0.6) is 0 Å². The van der Waals surface area contributed by atoms with Crippen molar-refractivity contribution in [3.05, 3.63) is 24.0 Å². The Morgan fingerprint density at radius 1 is 1.48 bits per heavy atom. The second-order valence-corrected chi connectivity index (χ2v) is 7.73. The number of H-pyrrole nitrogens is 1. The van der Waals surface area contributed by atoms with E-state index in [0.29, 0.717) is 16.9 Å². The highest BCUT2D eigenvalue weighted by molar-refractivity contribution is 6.05. The second kappa shape index (κ2) is 4.98. The molecule has 0 saturated heterocycles. The van der Waals surface area contributed by atoms with Crippen LogP contribution in [0.25, 0.3) is 11.0 Å². The van der Waals surface area contributed by atoms with Crippen molar-refractivity contribution >= 4 is 22.6 Å². The second-order valence-electron chi connectivity index (χ2n) is 7.73. The van der Waals surface area contributed by atoms with Gasteiger partial charge in [-0.05, 0) is 48.5 Å². The number of carbonyl (C=O) groups excluding carboxylic acids is 1. The van der Waals surface area contributed by atoms with E-state index in [1.54, 1.807) is 6.20 Å². The molecule has 122 valence electrons. The summed E-state index contributed by atoms with van der Waals surface area (Å²) in [5.74, 6) is 1.92. The van der Waals surface area contributed by atoms with Crippen LogP contribution in [0, 0.1) is 23.2 Å². The third-order valence-electron chi connectivity index (χ3n) is 6.39. The number of pyridine rings is 1. The zero-order chi connectivity index (χ0) is 16.2. The largest absolute Gasteiger partial charge is 0.383 e. The van der Waals surface area contributed by atoms with Gasteiger partial charge in [-0.3, -0.25) is 4.79 Å². The molecule has 2 bridgehead atoms. The summed E-state index contributed by atoms with van der Waals surface area (Å²) >= 11 is 0. The Morgan fingerprint density at radius 2 is 2.30 bits per heavy atom. The fourth-order valence-corrected chi connectivity index (χ4v) is 4.83. The number of fused-ring (bicyclic) bond motifs is 3. The van der Waals surface area contributed by atoms with Gasteiger partial charge in [0.05, 0.1) is 11.3 Å². The molecular weight excluding hydrogens is 288 g/mol. The molecule has 4 N–H and O–H groups in total. The summed E-state index contributed by atoms with van der Waals surface area (Å²) in [5, 5.41) is 4.46. The molecule has 0 radical (unpaired) electrons. The highest BCUT2D eigenvalue weighted by Gasteiger charge is 2.53. The van der Waals surface area contributed by atoms with Gasteiger partial charge < -0.3 is 16.0 Å². The average molecular weight is 312 g/mol. The summed E-state index contributed by atoms with van der Waals surface area (Å²) in [6.07, 6.45) is 7.37. The van der Waals surface area contributed by atoms with E-state index < -0.39 is 5.91 Å². The molecule has 5 nitrogen and oxygen atoms in total. The van der Waals surface area contributed by atoms with Gasteiger partial charge in [0.15, 0.2) is 0 Å². The van der Waals surface area contributed by atoms with Crippen LogP contribution in [-0.4, -0.2) is 22.4 Å². The number of aromatic amines is 1. The van der Waals surface area contributed by atoms with Gasteiger partial charge in [0.1, 0.15) is 5.65 Å². The lowest BCUT2D eigenvalue weighted by Gasteiger charge is -2.60. The summed E-state index contributed by atoms with van der Waals surface area (Å²) < 4.78 is 0. The van der Waals surface area contributed by atoms with Gasteiger partial charge >= 0.3 is 0 Å². The monoisotopic (exact) mass is 312 g/mol. The third-order valence-corrected chi connectivity index (χ3v) is 6.39. The van der Waals surface area contributed by atoms with Gasteiger partial charge in [-0.2, -0.15) is 0 Å². The normalized spacial score (nSPS) is 28.3. The third kappa shape index (κ3) is 2.13. The van der Waals surface area contributed by atoms with Crippen molar-refractivity contribution in [3.63, 3.8) is 0 Å². The van der Waals surface area contributed by atoms with E-state index in [-0.39, 0.29) is 0 Å². The van der Waals surface area contributed by atoms with Crippen LogP contribution >= 0.6 is 0 Å². The van der Waals surface area contributed by atoms with Crippen LogP contribution in [0.15, 0.2) is 18.5 Å². The predicted octanol–water partition coefficient (Wildman–Crippen LogP) is 3.15. The molecule has 0 aromatic carbocycles. The summed E-state index contributed by atoms with van der Waals surface area (Å²) in [6, 6.07) is 1.95. The van der Waals surface area contributed by atoms with Crippen molar-refractivity contribution in [1.82, 2.24) is 9.97 Å². The molecule has 0 spiro atoms. The molecule has 2 heterocycles. The fraction of sp³-hybridized carbons (Fsp3) is 0.556. The smallest absolute Gasteiger partial charge is 0.252 e. The summed E-state index contributed by atoms with van der Waals surface area (Å²) in [5.41, 5.74) is 8.08. The molecule has 3 aliphatic rings. The maximum atomic E-state index is 11.7. The minimum absolute atomic E-state index is 0.434. The van der Waals surface area contributed by atoms with Crippen molar-refractivity contribution in [2.75, 3.05) is 11.9 Å². The van der Waals surface area contributed by atoms with E-state index in [1.165, 1.54) is 19.3 Å². The van der Waals surface area contributed by atoms with Crippen LogP contribution < -0.4 is 11.1 Å². The van der Waals surface area contributed by atoms with Crippen molar-refractivity contribution < 1.29 is 4.79 Å². The number of nitrogens with two attached hydrogens (primary N) is 1. The lowest BCUT2D eigenvalue weighted by atomic mass is 9.45. The minimum Gasteiger partial charge on any atom is -0.383 e. The summed E-state index contributed by atoms with van der Waals surface area (Å²) in [4.78, 5) is 19.1. The average Bonchev–Trinajstić information content (AvgIpc) is 3.01. The van der Waals surface area contributed by atoms with Gasteiger partial charge in [0.2, 0.25) is 0 Å². The number of nitrogens with zero attached hydrogens (tertiary/aromatic N) is 1. The van der Waals surface area contributed by atoms with Crippen LogP contribution in [0.1, 0.15) is 43.5 Å². The van der Waals surface area contributed by atoms with Gasteiger partial charge in [0, 0.05) is 24.3 Å². The van der Waals surface area contributed by atoms with Crippen molar-refractivity contribution in [1.29, 1.82) is 0 Å². The van der Waals surface area contributed by atoms with Gasteiger partial charge in [0.25, 0.3) is 5.91 Å². The van der Waals surface area contributed by atoms with E-state index in [1.807, 2.05) is 12.3 Å². The predicted molar refractivity (Wildman–Crippen MR) is 91.2 cm³/mol. The number of rotatable bonds is 4. The number of anilines is 1. The molecule has 5 rings (SSSR count). The maximum Gasteiger partial charge on any atom is 0.252 e. The van der Waals surface area contributed by atoms with Gasteiger partial charge in [-0.1, -0.05) is 13.8 Å². The first-order chi connectivity index (χ1) is 11.0. The summed E-state index contributed by atoms with van der Waals surface area (Å²) in [7, 11) is 0.